The van der Waals surface area contributed by atoms with Crippen molar-refractivity contribution < 1.29 is 14.3 Å². The highest BCUT2D eigenvalue weighted by Gasteiger charge is 2.27. The van der Waals surface area contributed by atoms with Crippen LogP contribution in [0.1, 0.15) is 46.5 Å². The molecule has 2 aliphatic rings. The minimum absolute atomic E-state index is 0.0800. The number of aromatic nitrogens is 2. The molecule has 1 saturated heterocycles. The molecule has 6 heteroatoms. The Kier molecular flexibility index (Phi) is 3.44. The van der Waals surface area contributed by atoms with E-state index in [1.807, 2.05) is 0 Å². The highest BCUT2D eigenvalue weighted by Crippen LogP contribution is 2.28. The fourth-order valence-electron chi connectivity index (χ4n) is 2.55. The van der Waals surface area contributed by atoms with Gasteiger partial charge in [0.15, 0.2) is 11.5 Å². The second kappa shape index (κ2) is 5.22. The molecule has 6 nitrogen and oxygen atoms in total. The van der Waals surface area contributed by atoms with Gasteiger partial charge >= 0.3 is 5.97 Å². The van der Waals surface area contributed by atoms with Gasteiger partial charge in [0, 0.05) is 31.7 Å². The highest BCUT2D eigenvalue weighted by atomic mass is 16.5. The maximum Gasteiger partial charge on any atom is 0.357 e. The highest BCUT2D eigenvalue weighted by molar-refractivity contribution is 5.89. The van der Waals surface area contributed by atoms with Gasteiger partial charge in [-0.15, -0.1) is 0 Å². The smallest absolute Gasteiger partial charge is 0.357 e. The summed E-state index contributed by atoms with van der Waals surface area (Å²) in [5.41, 5.74) is 2.18. The van der Waals surface area contributed by atoms with Crippen molar-refractivity contribution in [2.45, 2.75) is 31.9 Å². The average Bonchev–Trinajstić information content (AvgIpc) is 2.99. The number of carbonyl (C=O) groups is 1. The van der Waals surface area contributed by atoms with Crippen molar-refractivity contribution in [3.63, 3.8) is 0 Å². The summed E-state index contributed by atoms with van der Waals surface area (Å²) in [6.07, 6.45) is 2.66. The molecule has 102 valence electrons. The van der Waals surface area contributed by atoms with Crippen LogP contribution in [0.4, 0.5) is 0 Å². The van der Waals surface area contributed by atoms with E-state index in [2.05, 4.69) is 15.3 Å². The summed E-state index contributed by atoms with van der Waals surface area (Å²) in [5, 5.41) is 3.23. The first-order chi connectivity index (χ1) is 9.29. The van der Waals surface area contributed by atoms with Crippen molar-refractivity contribution in [3.8, 4) is 0 Å². The van der Waals surface area contributed by atoms with E-state index in [0.717, 1.165) is 43.7 Å². The number of rotatable bonds is 2. The number of hydrogen-bond donors (Lipinski definition) is 1. The molecule has 0 aliphatic carbocycles. The van der Waals surface area contributed by atoms with Crippen LogP contribution in [0.3, 0.4) is 0 Å². The van der Waals surface area contributed by atoms with Crippen LogP contribution in [-0.2, 0) is 22.4 Å². The summed E-state index contributed by atoms with van der Waals surface area (Å²) in [7, 11) is 1.37. The predicted molar refractivity (Wildman–Crippen MR) is 66.7 cm³/mol. The van der Waals surface area contributed by atoms with Crippen LogP contribution in [0, 0.1) is 0 Å². The van der Waals surface area contributed by atoms with Gasteiger partial charge in [0.1, 0.15) is 6.10 Å². The normalized spacial score (nSPS) is 22.1. The fourth-order valence-corrected chi connectivity index (χ4v) is 2.55. The monoisotopic (exact) mass is 263 g/mol. The molecule has 1 aromatic heterocycles. The number of esters is 1. The molecule has 1 aromatic rings. The molecule has 1 atom stereocenters. The molecule has 2 aliphatic heterocycles. The zero-order valence-electron chi connectivity index (χ0n) is 10.9. The van der Waals surface area contributed by atoms with Crippen molar-refractivity contribution >= 4 is 5.97 Å². The summed E-state index contributed by atoms with van der Waals surface area (Å²) >= 11 is 0. The number of hydrogen-bond acceptors (Lipinski definition) is 6. The Morgan fingerprint density at radius 1 is 1.47 bits per heavy atom. The summed E-state index contributed by atoms with van der Waals surface area (Å²) in [6.45, 7) is 2.22. The lowest BCUT2D eigenvalue weighted by Gasteiger charge is -2.20. The molecule has 3 heterocycles. The van der Waals surface area contributed by atoms with Gasteiger partial charge in [-0.25, -0.2) is 14.8 Å². The zero-order valence-corrected chi connectivity index (χ0v) is 10.9. The van der Waals surface area contributed by atoms with Crippen molar-refractivity contribution in [2.75, 3.05) is 20.3 Å². The first-order valence-electron chi connectivity index (χ1n) is 6.60. The molecule has 1 unspecified atom stereocenters. The first-order valence-corrected chi connectivity index (χ1v) is 6.60. The maximum atomic E-state index is 11.9. The standard InChI is InChI=1S/C13H17N3O3/c1-18-13(17)11-8-7-14-5-4-9(8)15-12(16-11)10-3-2-6-19-10/h10,14H,2-7H2,1H3. The lowest BCUT2D eigenvalue weighted by molar-refractivity contribution is 0.0588. The number of nitrogens with one attached hydrogen (secondary N) is 1. The molecule has 19 heavy (non-hydrogen) atoms. The molecule has 0 bridgehead atoms. The van der Waals surface area contributed by atoms with E-state index in [0.29, 0.717) is 18.1 Å². The third kappa shape index (κ3) is 2.33. The number of nitrogens with zero attached hydrogens (tertiary/aromatic N) is 2. The van der Waals surface area contributed by atoms with E-state index in [1.165, 1.54) is 7.11 Å². The Bertz CT molecular complexity index is 498. The Morgan fingerprint density at radius 2 is 2.37 bits per heavy atom. The van der Waals surface area contributed by atoms with Gasteiger partial charge < -0.3 is 14.8 Å². The molecule has 0 saturated carbocycles. The molecule has 1 fully saturated rings. The van der Waals surface area contributed by atoms with Gasteiger partial charge in [-0.1, -0.05) is 0 Å². The number of ether oxygens (including phenoxy) is 2. The molecular weight excluding hydrogens is 246 g/mol. The van der Waals surface area contributed by atoms with Gasteiger partial charge in [-0.05, 0) is 12.8 Å². The van der Waals surface area contributed by atoms with Crippen LogP contribution >= 0.6 is 0 Å². The van der Waals surface area contributed by atoms with Gasteiger partial charge in [0.25, 0.3) is 0 Å². The van der Waals surface area contributed by atoms with E-state index in [4.69, 9.17) is 9.47 Å². The Balaban J connectivity index is 2.04. The lowest BCUT2D eigenvalue weighted by Crippen LogP contribution is -2.29. The van der Waals surface area contributed by atoms with E-state index in [9.17, 15) is 4.79 Å². The largest absolute Gasteiger partial charge is 0.464 e. The van der Waals surface area contributed by atoms with E-state index in [-0.39, 0.29) is 6.10 Å². The van der Waals surface area contributed by atoms with Crippen LogP contribution in [0.5, 0.6) is 0 Å². The van der Waals surface area contributed by atoms with Crippen LogP contribution in [-0.4, -0.2) is 36.2 Å². The summed E-state index contributed by atoms with van der Waals surface area (Å²) in [6, 6.07) is 0. The molecule has 0 aromatic carbocycles. The molecular formula is C13H17N3O3. The summed E-state index contributed by atoms with van der Waals surface area (Å²) in [4.78, 5) is 20.8. The second-order valence-electron chi connectivity index (χ2n) is 4.78. The Hall–Kier alpha value is -1.53. The van der Waals surface area contributed by atoms with E-state index < -0.39 is 5.97 Å². The molecule has 0 amide bonds. The van der Waals surface area contributed by atoms with Gasteiger partial charge in [-0.3, -0.25) is 0 Å². The number of methoxy groups -OCH3 is 1. The molecule has 3 rings (SSSR count). The zero-order chi connectivity index (χ0) is 13.2. The quantitative estimate of drug-likeness (QED) is 0.794. The van der Waals surface area contributed by atoms with Gasteiger partial charge in [-0.2, -0.15) is 0 Å². The predicted octanol–water partition coefficient (Wildman–Crippen LogP) is 0.760. The minimum atomic E-state index is -0.401. The fraction of sp³-hybridized carbons (Fsp3) is 0.615. The molecule has 0 radical (unpaired) electrons. The number of fused-ring (bicyclic) bond motifs is 1. The molecule has 1 N–H and O–H groups in total. The van der Waals surface area contributed by atoms with Crippen molar-refractivity contribution in [3.05, 3.63) is 22.8 Å². The van der Waals surface area contributed by atoms with Gasteiger partial charge in [0.2, 0.25) is 0 Å². The lowest BCUT2D eigenvalue weighted by atomic mass is 10.0. The van der Waals surface area contributed by atoms with Crippen molar-refractivity contribution in [1.29, 1.82) is 0 Å². The molecule has 0 spiro atoms. The third-order valence-electron chi connectivity index (χ3n) is 3.55. The van der Waals surface area contributed by atoms with Crippen molar-refractivity contribution in [2.24, 2.45) is 0 Å². The van der Waals surface area contributed by atoms with Crippen LogP contribution < -0.4 is 5.32 Å². The van der Waals surface area contributed by atoms with Crippen LogP contribution in [0.2, 0.25) is 0 Å². The third-order valence-corrected chi connectivity index (χ3v) is 3.55. The van der Waals surface area contributed by atoms with Crippen LogP contribution in [0.15, 0.2) is 0 Å². The Labute approximate surface area is 111 Å². The maximum absolute atomic E-state index is 11.9. The van der Waals surface area contributed by atoms with Gasteiger partial charge in [0.05, 0.1) is 12.8 Å². The second-order valence-corrected chi connectivity index (χ2v) is 4.78. The topological polar surface area (TPSA) is 73.3 Å². The number of carbonyl (C=O) groups excluding carboxylic acids is 1. The van der Waals surface area contributed by atoms with E-state index >= 15 is 0 Å². The summed E-state index contributed by atoms with van der Waals surface area (Å²) in [5.74, 6) is 0.222. The van der Waals surface area contributed by atoms with Crippen molar-refractivity contribution in [1.82, 2.24) is 15.3 Å². The summed E-state index contributed by atoms with van der Waals surface area (Å²) < 4.78 is 10.4. The first kappa shape index (κ1) is 12.5. The SMILES string of the molecule is COC(=O)c1nc(C2CCCO2)nc2c1CNCC2. The van der Waals surface area contributed by atoms with E-state index in [1.54, 1.807) is 0 Å². The van der Waals surface area contributed by atoms with Crippen LogP contribution in [0.25, 0.3) is 0 Å². The average molecular weight is 263 g/mol. The minimum Gasteiger partial charge on any atom is -0.464 e. The Morgan fingerprint density at radius 3 is 3.11 bits per heavy atom.